The van der Waals surface area contributed by atoms with Crippen LogP contribution in [0.3, 0.4) is 0 Å². The number of fused-ring (bicyclic) bond motifs is 1. The van der Waals surface area contributed by atoms with Gasteiger partial charge >= 0.3 is 0 Å². The highest BCUT2D eigenvalue weighted by molar-refractivity contribution is 7.92. The van der Waals surface area contributed by atoms with E-state index in [1.54, 1.807) is 10.8 Å². The molecule has 0 spiro atoms. The molecule has 0 aliphatic carbocycles. The van der Waals surface area contributed by atoms with Crippen LogP contribution >= 0.6 is 0 Å². The van der Waals surface area contributed by atoms with Gasteiger partial charge in [-0.25, -0.2) is 13.1 Å². The van der Waals surface area contributed by atoms with Gasteiger partial charge in [-0.15, -0.1) is 0 Å². The smallest absolute Gasteiger partial charge is 0.263 e. The largest absolute Gasteiger partial charge is 0.340 e. The highest BCUT2D eigenvalue weighted by atomic mass is 32.2. The number of nitrogens with one attached hydrogen (secondary N) is 1. The van der Waals surface area contributed by atoms with Crippen LogP contribution in [0, 0.1) is 0 Å². The van der Waals surface area contributed by atoms with Gasteiger partial charge in [-0.05, 0) is 32.4 Å². The molecule has 1 fully saturated rings. The summed E-state index contributed by atoms with van der Waals surface area (Å²) in [7, 11) is -3.53. The molecule has 3 aromatic rings. The van der Waals surface area contributed by atoms with Gasteiger partial charge in [-0.2, -0.15) is 14.4 Å². The third-order valence-corrected chi connectivity index (χ3v) is 6.76. The molecule has 164 valence electrons. The van der Waals surface area contributed by atoms with Gasteiger partial charge in [0.2, 0.25) is 16.0 Å². The lowest BCUT2D eigenvalue weighted by Crippen LogP contribution is -2.49. The normalized spacial score (nSPS) is 16.4. The Bertz CT molecular complexity index is 1260. The maximum atomic E-state index is 12.7. The number of rotatable bonds is 4. The molecule has 1 aliphatic heterocycles. The van der Waals surface area contributed by atoms with Crippen molar-refractivity contribution in [2.45, 2.75) is 26.3 Å². The van der Waals surface area contributed by atoms with Crippen LogP contribution in [-0.2, 0) is 15.6 Å². The fourth-order valence-corrected chi connectivity index (χ4v) is 4.69. The minimum Gasteiger partial charge on any atom is -0.340 e. The molecular weight excluding hydrogens is 416 g/mol. The van der Waals surface area contributed by atoms with Gasteiger partial charge in [0.05, 0.1) is 11.7 Å². The Morgan fingerprint density at radius 3 is 2.39 bits per heavy atom. The zero-order chi connectivity index (χ0) is 22.2. The highest BCUT2D eigenvalue weighted by Gasteiger charge is 2.27. The van der Waals surface area contributed by atoms with E-state index in [0.29, 0.717) is 43.2 Å². The molecule has 0 radical (unpaired) electrons. The summed E-state index contributed by atoms with van der Waals surface area (Å²) in [5.74, 6) is 0.431. The summed E-state index contributed by atoms with van der Waals surface area (Å²) in [5.41, 5.74) is 0.774. The number of hydrogen-bond acceptors (Lipinski definition) is 6. The Kier molecular flexibility index (Phi) is 5.44. The molecule has 1 aliphatic rings. The molecule has 4 rings (SSSR count). The summed E-state index contributed by atoms with van der Waals surface area (Å²) >= 11 is 0. The minimum atomic E-state index is -3.53. The lowest BCUT2D eigenvalue weighted by atomic mass is 10.1. The van der Waals surface area contributed by atoms with Gasteiger partial charge in [0.15, 0.2) is 5.65 Å². The van der Waals surface area contributed by atoms with E-state index in [9.17, 15) is 13.2 Å². The summed E-state index contributed by atoms with van der Waals surface area (Å²) in [6.45, 7) is 7.45. The van der Waals surface area contributed by atoms with Crippen molar-refractivity contribution in [2.24, 2.45) is 0 Å². The van der Waals surface area contributed by atoms with E-state index < -0.39 is 10.0 Å². The first-order valence-corrected chi connectivity index (χ1v) is 11.6. The van der Waals surface area contributed by atoms with E-state index >= 15 is 0 Å². The first kappa shape index (κ1) is 21.3. The topological polar surface area (TPSA) is 104 Å². The highest BCUT2D eigenvalue weighted by Crippen LogP contribution is 2.21. The number of nitrogens with zero attached hydrogens (tertiary/aromatic N) is 5. The van der Waals surface area contributed by atoms with Crippen LogP contribution < -0.4 is 10.5 Å². The van der Waals surface area contributed by atoms with Crippen LogP contribution in [0.2, 0.25) is 0 Å². The Labute approximate surface area is 181 Å². The maximum absolute atomic E-state index is 12.7. The van der Waals surface area contributed by atoms with Crippen molar-refractivity contribution >= 4 is 33.1 Å². The molecule has 0 unspecified atom stereocenters. The first-order valence-electron chi connectivity index (χ1n) is 10.1. The van der Waals surface area contributed by atoms with Gasteiger partial charge in [0.1, 0.15) is 5.39 Å². The molecule has 2 aromatic heterocycles. The zero-order valence-corrected chi connectivity index (χ0v) is 18.6. The van der Waals surface area contributed by atoms with Crippen LogP contribution in [0.5, 0.6) is 0 Å². The average Bonchev–Trinajstić information content (AvgIpc) is 3.18. The van der Waals surface area contributed by atoms with Crippen molar-refractivity contribution in [2.75, 3.05) is 31.1 Å². The quantitative estimate of drug-likeness (QED) is 0.663. The van der Waals surface area contributed by atoms with E-state index in [2.05, 4.69) is 15.1 Å². The van der Waals surface area contributed by atoms with Crippen LogP contribution in [0.4, 0.5) is 5.95 Å². The standard InChI is InChI=1S/C21H26N6O3S/c1-21(2,3)27-18-17(15-22-27)19(28)24-20(23-18)25-10-12-26(13-11-25)31(29,30)14-9-16-7-5-4-6-8-16/h4-9,14-15H,10-13H2,1-3H3,(H,23,24,28)/b14-9+. The van der Waals surface area contributed by atoms with E-state index in [1.165, 1.54) is 15.9 Å². The fourth-order valence-electron chi connectivity index (χ4n) is 3.52. The number of aromatic amines is 1. The molecule has 1 saturated heterocycles. The summed E-state index contributed by atoms with van der Waals surface area (Å²) in [6.07, 6.45) is 3.13. The Balaban J connectivity index is 1.52. The summed E-state index contributed by atoms with van der Waals surface area (Å²) in [5, 5.41) is 6.00. The molecule has 3 heterocycles. The molecule has 10 heteroatoms. The Morgan fingerprint density at radius 2 is 1.74 bits per heavy atom. The molecule has 9 nitrogen and oxygen atoms in total. The lowest BCUT2D eigenvalue weighted by molar-refractivity contribution is 0.365. The second kappa shape index (κ2) is 7.93. The summed E-state index contributed by atoms with van der Waals surface area (Å²) < 4.78 is 28.5. The number of aromatic nitrogens is 4. The van der Waals surface area contributed by atoms with E-state index in [-0.39, 0.29) is 11.1 Å². The van der Waals surface area contributed by atoms with Crippen LogP contribution in [-0.4, -0.2) is 58.7 Å². The molecule has 0 saturated carbocycles. The first-order chi connectivity index (χ1) is 14.6. The van der Waals surface area contributed by atoms with Gasteiger partial charge in [-0.3, -0.25) is 9.78 Å². The van der Waals surface area contributed by atoms with Crippen molar-refractivity contribution in [1.82, 2.24) is 24.1 Å². The molecular formula is C21H26N6O3S. The number of H-pyrrole nitrogens is 1. The summed E-state index contributed by atoms with van der Waals surface area (Å²) in [6, 6.07) is 9.31. The van der Waals surface area contributed by atoms with E-state index in [0.717, 1.165) is 5.56 Å². The van der Waals surface area contributed by atoms with Gasteiger partial charge < -0.3 is 4.90 Å². The van der Waals surface area contributed by atoms with E-state index in [4.69, 9.17) is 0 Å². The second-order valence-corrected chi connectivity index (χ2v) is 10.3. The third-order valence-electron chi connectivity index (χ3n) is 5.19. The average molecular weight is 443 g/mol. The number of anilines is 1. The number of hydrogen-bond donors (Lipinski definition) is 1. The van der Waals surface area contributed by atoms with Crippen molar-refractivity contribution in [1.29, 1.82) is 0 Å². The SMILES string of the molecule is CC(C)(C)n1ncc2c(=O)[nH]c(N3CCN(S(=O)(=O)/C=C/c4ccccc4)CC3)nc21. The molecule has 0 atom stereocenters. The Morgan fingerprint density at radius 1 is 1.06 bits per heavy atom. The Hall–Kier alpha value is -2.98. The molecule has 0 amide bonds. The van der Waals surface area contributed by atoms with E-state index in [1.807, 2.05) is 56.0 Å². The molecule has 1 aromatic carbocycles. The van der Waals surface area contributed by atoms with Crippen molar-refractivity contribution in [3.63, 3.8) is 0 Å². The molecule has 0 bridgehead atoms. The van der Waals surface area contributed by atoms with Gasteiger partial charge in [0, 0.05) is 31.6 Å². The predicted octanol–water partition coefficient (Wildman–Crippen LogP) is 2.00. The third kappa shape index (κ3) is 4.40. The maximum Gasteiger partial charge on any atom is 0.263 e. The van der Waals surface area contributed by atoms with Gasteiger partial charge in [0.25, 0.3) is 5.56 Å². The molecule has 1 N–H and O–H groups in total. The number of piperazine rings is 1. The van der Waals surface area contributed by atoms with Crippen LogP contribution in [0.25, 0.3) is 17.1 Å². The van der Waals surface area contributed by atoms with Crippen LogP contribution in [0.1, 0.15) is 26.3 Å². The minimum absolute atomic E-state index is 0.253. The van der Waals surface area contributed by atoms with Crippen molar-refractivity contribution < 1.29 is 8.42 Å². The van der Waals surface area contributed by atoms with Crippen molar-refractivity contribution in [3.8, 4) is 0 Å². The lowest BCUT2D eigenvalue weighted by Gasteiger charge is -2.33. The number of benzene rings is 1. The second-order valence-electron chi connectivity index (χ2n) is 8.50. The number of sulfonamides is 1. The predicted molar refractivity (Wildman–Crippen MR) is 121 cm³/mol. The zero-order valence-electron chi connectivity index (χ0n) is 17.8. The fraction of sp³-hybridized carbons (Fsp3) is 0.381. The van der Waals surface area contributed by atoms with Crippen LogP contribution in [0.15, 0.2) is 46.7 Å². The molecule has 31 heavy (non-hydrogen) atoms. The summed E-state index contributed by atoms with van der Waals surface area (Å²) in [4.78, 5) is 21.9. The van der Waals surface area contributed by atoms with Gasteiger partial charge in [-0.1, -0.05) is 30.3 Å². The monoisotopic (exact) mass is 442 g/mol. The van der Waals surface area contributed by atoms with Crippen molar-refractivity contribution in [3.05, 3.63) is 57.9 Å².